The molecule has 1 aromatic heterocycles. The lowest BCUT2D eigenvalue weighted by molar-refractivity contribution is -0.134. The summed E-state index contributed by atoms with van der Waals surface area (Å²) in [7, 11) is 0. The van der Waals surface area contributed by atoms with E-state index in [0.717, 1.165) is 18.5 Å². The first kappa shape index (κ1) is 16.9. The Balaban J connectivity index is 1.76. The van der Waals surface area contributed by atoms with Crippen LogP contribution >= 0.6 is 11.6 Å². The van der Waals surface area contributed by atoms with Crippen LogP contribution in [-0.2, 0) is 4.79 Å². The number of hydrogen-bond acceptors (Lipinski definition) is 5. The average Bonchev–Trinajstić information content (AvgIpc) is 3.25. The summed E-state index contributed by atoms with van der Waals surface area (Å²) in [5.74, 6) is 0.910. The van der Waals surface area contributed by atoms with Gasteiger partial charge in [0, 0.05) is 23.7 Å². The van der Waals surface area contributed by atoms with E-state index >= 15 is 0 Å². The predicted octanol–water partition coefficient (Wildman–Crippen LogP) is 1.75. The minimum absolute atomic E-state index is 0.0357. The summed E-state index contributed by atoms with van der Waals surface area (Å²) in [4.78, 5) is 16.0. The van der Waals surface area contributed by atoms with E-state index in [2.05, 4.69) is 15.4 Å². The summed E-state index contributed by atoms with van der Waals surface area (Å²) >= 11 is 5.89. The van der Waals surface area contributed by atoms with Crippen molar-refractivity contribution in [1.29, 1.82) is 0 Å². The van der Waals surface area contributed by atoms with Crippen LogP contribution in [0.25, 0.3) is 11.4 Å². The Morgan fingerprint density at radius 2 is 2.17 bits per heavy atom. The van der Waals surface area contributed by atoms with E-state index in [1.54, 1.807) is 12.1 Å². The second-order valence-corrected chi connectivity index (χ2v) is 6.48. The van der Waals surface area contributed by atoms with Gasteiger partial charge in [0.15, 0.2) is 6.04 Å². The molecule has 1 aromatic carbocycles. The zero-order valence-corrected chi connectivity index (χ0v) is 14.4. The van der Waals surface area contributed by atoms with Crippen LogP contribution in [0.15, 0.2) is 24.3 Å². The third-order valence-corrected chi connectivity index (χ3v) is 4.66. The number of benzene rings is 1. The normalized spacial score (nSPS) is 18.8. The summed E-state index contributed by atoms with van der Waals surface area (Å²) in [6, 6.07) is 6.78. The first-order chi connectivity index (χ1) is 11.6. The highest BCUT2D eigenvalue weighted by molar-refractivity contribution is 6.30. The van der Waals surface area contributed by atoms with Gasteiger partial charge < -0.3 is 10.6 Å². The van der Waals surface area contributed by atoms with Gasteiger partial charge in [0.2, 0.25) is 11.7 Å². The Morgan fingerprint density at radius 1 is 1.42 bits per heavy atom. The van der Waals surface area contributed by atoms with E-state index in [1.807, 2.05) is 24.0 Å². The predicted molar refractivity (Wildman–Crippen MR) is 91.3 cm³/mol. The van der Waals surface area contributed by atoms with Gasteiger partial charge in [-0.3, -0.25) is 4.79 Å². The second kappa shape index (κ2) is 7.27. The summed E-state index contributed by atoms with van der Waals surface area (Å²) in [5.41, 5.74) is 6.52. The maximum atomic E-state index is 12.8. The van der Waals surface area contributed by atoms with Crippen molar-refractivity contribution in [1.82, 2.24) is 25.1 Å². The molecule has 0 unspecified atom stereocenters. The molecule has 2 aromatic rings. The van der Waals surface area contributed by atoms with Crippen LogP contribution in [0.3, 0.4) is 0 Å². The van der Waals surface area contributed by atoms with Crippen molar-refractivity contribution in [3.05, 3.63) is 29.3 Å². The zero-order chi connectivity index (χ0) is 17.1. The standard InChI is InChI=1S/C16H21ClN6O/c1-2-14(16(24)22-8-7-11(9-18)10-22)23-20-15(19-21-23)12-3-5-13(17)6-4-12/h3-6,11,14H,2,7-10,18H2,1H3/t11-,14+/m1/s1. The number of nitrogens with zero attached hydrogens (tertiary/aromatic N) is 5. The maximum Gasteiger partial charge on any atom is 0.249 e. The fourth-order valence-corrected chi connectivity index (χ4v) is 3.07. The molecule has 24 heavy (non-hydrogen) atoms. The van der Waals surface area contributed by atoms with Crippen LogP contribution in [0, 0.1) is 5.92 Å². The number of amides is 1. The van der Waals surface area contributed by atoms with Gasteiger partial charge >= 0.3 is 0 Å². The number of likely N-dealkylation sites (tertiary alicyclic amines) is 1. The lowest BCUT2D eigenvalue weighted by Gasteiger charge is -2.21. The van der Waals surface area contributed by atoms with Crippen LogP contribution in [0.2, 0.25) is 5.02 Å². The lowest BCUT2D eigenvalue weighted by atomic mass is 10.1. The van der Waals surface area contributed by atoms with Gasteiger partial charge in [-0.25, -0.2) is 0 Å². The maximum absolute atomic E-state index is 12.8. The highest BCUT2D eigenvalue weighted by Crippen LogP contribution is 2.22. The lowest BCUT2D eigenvalue weighted by Crippen LogP contribution is -2.37. The molecule has 1 amide bonds. The van der Waals surface area contributed by atoms with Crippen molar-refractivity contribution in [3.8, 4) is 11.4 Å². The van der Waals surface area contributed by atoms with E-state index in [9.17, 15) is 4.79 Å². The molecule has 3 rings (SSSR count). The molecule has 0 aliphatic carbocycles. The molecule has 0 saturated carbocycles. The molecule has 1 fully saturated rings. The van der Waals surface area contributed by atoms with Crippen LogP contribution < -0.4 is 5.73 Å². The topological polar surface area (TPSA) is 89.9 Å². The number of halogens is 1. The minimum atomic E-state index is -0.435. The Labute approximate surface area is 145 Å². The summed E-state index contributed by atoms with van der Waals surface area (Å²) in [5, 5.41) is 13.2. The van der Waals surface area contributed by atoms with Gasteiger partial charge in [0.05, 0.1) is 0 Å². The molecule has 128 valence electrons. The Bertz CT molecular complexity index is 701. The number of carbonyl (C=O) groups is 1. The molecule has 1 aliphatic rings. The van der Waals surface area contributed by atoms with Gasteiger partial charge in [0.25, 0.3) is 0 Å². The molecule has 2 N–H and O–H groups in total. The van der Waals surface area contributed by atoms with Crippen LogP contribution in [-0.4, -0.2) is 50.6 Å². The first-order valence-corrected chi connectivity index (χ1v) is 8.54. The first-order valence-electron chi connectivity index (χ1n) is 8.16. The molecule has 1 saturated heterocycles. The largest absolute Gasteiger partial charge is 0.340 e. The number of tetrazole rings is 1. The smallest absolute Gasteiger partial charge is 0.249 e. The minimum Gasteiger partial charge on any atom is -0.340 e. The van der Waals surface area contributed by atoms with Gasteiger partial charge in [-0.05, 0) is 54.8 Å². The Morgan fingerprint density at radius 3 is 2.79 bits per heavy atom. The van der Waals surface area contributed by atoms with Crippen molar-refractivity contribution in [3.63, 3.8) is 0 Å². The number of nitrogens with two attached hydrogens (primary N) is 1. The van der Waals surface area contributed by atoms with Gasteiger partial charge in [-0.15, -0.1) is 10.2 Å². The summed E-state index contributed by atoms with van der Waals surface area (Å²) < 4.78 is 0. The summed E-state index contributed by atoms with van der Waals surface area (Å²) in [6.07, 6.45) is 1.57. The van der Waals surface area contributed by atoms with Crippen molar-refractivity contribution in [2.24, 2.45) is 11.7 Å². The number of rotatable bonds is 5. The SMILES string of the molecule is CC[C@@H](C(=O)N1CC[C@H](CN)C1)n1nnc(-c2ccc(Cl)cc2)n1. The van der Waals surface area contributed by atoms with Gasteiger partial charge in [-0.1, -0.05) is 18.5 Å². The molecule has 1 aliphatic heterocycles. The number of carbonyl (C=O) groups excluding carboxylic acids is 1. The van der Waals surface area contributed by atoms with E-state index in [-0.39, 0.29) is 5.91 Å². The van der Waals surface area contributed by atoms with E-state index in [4.69, 9.17) is 17.3 Å². The fraction of sp³-hybridized carbons (Fsp3) is 0.500. The van der Waals surface area contributed by atoms with E-state index < -0.39 is 6.04 Å². The molecular weight excluding hydrogens is 328 g/mol. The Hall–Kier alpha value is -1.99. The molecule has 0 bridgehead atoms. The number of aromatic nitrogens is 4. The van der Waals surface area contributed by atoms with Crippen molar-refractivity contribution < 1.29 is 4.79 Å². The molecular formula is C16H21ClN6O. The Kier molecular flexibility index (Phi) is 5.11. The number of hydrogen-bond donors (Lipinski definition) is 1. The highest BCUT2D eigenvalue weighted by atomic mass is 35.5. The molecule has 0 spiro atoms. The van der Waals surface area contributed by atoms with Crippen LogP contribution in [0.5, 0.6) is 0 Å². The quantitative estimate of drug-likeness (QED) is 0.889. The van der Waals surface area contributed by atoms with Crippen molar-refractivity contribution in [2.75, 3.05) is 19.6 Å². The van der Waals surface area contributed by atoms with Gasteiger partial charge in [0.1, 0.15) is 0 Å². The molecule has 8 heteroatoms. The fourth-order valence-electron chi connectivity index (χ4n) is 2.94. The van der Waals surface area contributed by atoms with Crippen molar-refractivity contribution in [2.45, 2.75) is 25.8 Å². The average molecular weight is 349 g/mol. The molecule has 7 nitrogen and oxygen atoms in total. The second-order valence-electron chi connectivity index (χ2n) is 6.04. The highest BCUT2D eigenvalue weighted by Gasteiger charge is 2.31. The molecule has 0 radical (unpaired) electrons. The van der Waals surface area contributed by atoms with Crippen LogP contribution in [0.4, 0.5) is 0 Å². The van der Waals surface area contributed by atoms with Crippen molar-refractivity contribution >= 4 is 17.5 Å². The third kappa shape index (κ3) is 3.42. The zero-order valence-electron chi connectivity index (χ0n) is 13.6. The monoisotopic (exact) mass is 348 g/mol. The third-order valence-electron chi connectivity index (χ3n) is 4.41. The summed E-state index contributed by atoms with van der Waals surface area (Å²) in [6.45, 7) is 4.02. The van der Waals surface area contributed by atoms with Gasteiger partial charge in [-0.2, -0.15) is 4.80 Å². The molecule has 2 heterocycles. The van der Waals surface area contributed by atoms with E-state index in [1.165, 1.54) is 4.80 Å². The molecule has 2 atom stereocenters. The van der Waals surface area contributed by atoms with Crippen LogP contribution in [0.1, 0.15) is 25.8 Å². The van der Waals surface area contributed by atoms with E-state index in [0.29, 0.717) is 36.3 Å².